The van der Waals surface area contributed by atoms with Gasteiger partial charge >= 0.3 is 0 Å². The predicted molar refractivity (Wildman–Crippen MR) is 97.2 cm³/mol. The number of aryl methyl sites for hydroxylation is 1. The molecular weight excluding hydrogens is 304 g/mol. The highest BCUT2D eigenvalue weighted by molar-refractivity contribution is 8.14. The van der Waals surface area contributed by atoms with Crippen LogP contribution in [0.25, 0.3) is 5.70 Å². The van der Waals surface area contributed by atoms with E-state index in [4.69, 9.17) is 5.73 Å². The number of thioether (sulfide) groups is 1. The molecule has 0 saturated carbocycles. The lowest BCUT2D eigenvalue weighted by Crippen LogP contribution is -2.14. The fourth-order valence-electron chi connectivity index (χ4n) is 2.44. The number of aromatic nitrogens is 2. The number of amidine groups is 1. The first-order valence-corrected chi connectivity index (χ1v) is 8.53. The molecule has 5 heteroatoms. The molecule has 1 aromatic heterocycles. The maximum absolute atomic E-state index is 6.04. The normalized spacial score (nSPS) is 17.8. The highest BCUT2D eigenvalue weighted by atomic mass is 32.2. The van der Waals surface area contributed by atoms with Gasteiger partial charge in [0, 0.05) is 11.8 Å². The summed E-state index contributed by atoms with van der Waals surface area (Å²) in [6.07, 6.45) is 5.81. The van der Waals surface area contributed by atoms with E-state index >= 15 is 0 Å². The minimum atomic E-state index is 0.0378. The van der Waals surface area contributed by atoms with Crippen LogP contribution >= 0.6 is 11.8 Å². The Bertz CT molecular complexity index is 763. The summed E-state index contributed by atoms with van der Waals surface area (Å²) in [5, 5.41) is 0.598. The Balaban J connectivity index is 1.95. The van der Waals surface area contributed by atoms with Crippen LogP contribution in [0, 0.1) is 6.92 Å². The predicted octanol–water partition coefficient (Wildman–Crippen LogP) is 4.05. The second kappa shape index (κ2) is 6.54. The summed E-state index contributed by atoms with van der Waals surface area (Å²) in [7, 11) is 0. The van der Waals surface area contributed by atoms with Crippen LogP contribution in [0.15, 0.2) is 47.7 Å². The van der Waals surface area contributed by atoms with Gasteiger partial charge < -0.3 is 5.73 Å². The van der Waals surface area contributed by atoms with Crippen molar-refractivity contribution in [2.24, 2.45) is 10.7 Å². The van der Waals surface area contributed by atoms with E-state index in [0.29, 0.717) is 11.1 Å². The molecule has 1 atom stereocenters. The molecule has 0 spiro atoms. The summed E-state index contributed by atoms with van der Waals surface area (Å²) in [5.74, 6) is 0.375. The van der Waals surface area contributed by atoms with E-state index in [2.05, 4.69) is 53.9 Å². The largest absolute Gasteiger partial charge is 0.378 e. The summed E-state index contributed by atoms with van der Waals surface area (Å²) >= 11 is 1.51. The van der Waals surface area contributed by atoms with Crippen molar-refractivity contribution in [3.8, 4) is 0 Å². The lowest BCUT2D eigenvalue weighted by atomic mass is 10.0. The molecule has 2 N–H and O–H groups in total. The molecule has 1 aromatic carbocycles. The highest BCUT2D eigenvalue weighted by Crippen LogP contribution is 2.37. The topological polar surface area (TPSA) is 64.2 Å². The molecule has 1 aliphatic heterocycles. The van der Waals surface area contributed by atoms with Crippen molar-refractivity contribution in [3.63, 3.8) is 0 Å². The van der Waals surface area contributed by atoms with E-state index in [1.165, 1.54) is 17.3 Å². The zero-order valence-electron chi connectivity index (χ0n) is 13.5. The van der Waals surface area contributed by atoms with Crippen LogP contribution in [0.5, 0.6) is 0 Å². The van der Waals surface area contributed by atoms with Crippen LogP contribution in [0.4, 0.5) is 0 Å². The van der Waals surface area contributed by atoms with E-state index in [9.17, 15) is 0 Å². The van der Waals surface area contributed by atoms with E-state index < -0.39 is 0 Å². The van der Waals surface area contributed by atoms with Crippen molar-refractivity contribution in [1.29, 1.82) is 0 Å². The molecule has 0 fully saturated rings. The average Bonchev–Trinajstić information content (AvgIpc) is 2.55. The van der Waals surface area contributed by atoms with Gasteiger partial charge in [-0.25, -0.2) is 4.99 Å². The Morgan fingerprint density at radius 2 is 1.91 bits per heavy atom. The van der Waals surface area contributed by atoms with Crippen LogP contribution in [0.3, 0.4) is 0 Å². The Kier molecular flexibility index (Phi) is 4.48. The van der Waals surface area contributed by atoms with Gasteiger partial charge in [-0.15, -0.1) is 0 Å². The number of hydrogen-bond acceptors (Lipinski definition) is 5. The third-order valence-corrected chi connectivity index (χ3v) is 4.75. The van der Waals surface area contributed by atoms with Gasteiger partial charge in [-0.1, -0.05) is 49.9 Å². The minimum Gasteiger partial charge on any atom is -0.378 e. The van der Waals surface area contributed by atoms with Crippen molar-refractivity contribution < 1.29 is 0 Å². The standard InChI is InChI=1S/C18H20N4S/c1-11(2)15-9-21-16(10-20-15)17-8-14(22-18(19)23-17)13-7-5-4-6-12(13)3/h4-11,17H,1-3H3,(H2,19,22). The van der Waals surface area contributed by atoms with Crippen LogP contribution in [-0.4, -0.2) is 15.1 Å². The Labute approximate surface area is 141 Å². The van der Waals surface area contributed by atoms with Gasteiger partial charge in [0.05, 0.1) is 28.5 Å². The van der Waals surface area contributed by atoms with Crippen LogP contribution in [0.1, 0.15) is 47.5 Å². The zero-order chi connectivity index (χ0) is 16.4. The van der Waals surface area contributed by atoms with Crippen LogP contribution in [-0.2, 0) is 0 Å². The smallest absolute Gasteiger partial charge is 0.160 e. The quantitative estimate of drug-likeness (QED) is 0.925. The van der Waals surface area contributed by atoms with Gasteiger partial charge in [0.25, 0.3) is 0 Å². The lowest BCUT2D eigenvalue weighted by molar-refractivity contribution is 0.803. The van der Waals surface area contributed by atoms with E-state index in [0.717, 1.165) is 22.6 Å². The molecule has 1 unspecified atom stereocenters. The summed E-state index contributed by atoms with van der Waals surface area (Å²) < 4.78 is 0. The molecular formula is C18H20N4S. The van der Waals surface area contributed by atoms with Gasteiger partial charge in [0.2, 0.25) is 0 Å². The number of rotatable bonds is 3. The highest BCUT2D eigenvalue weighted by Gasteiger charge is 2.21. The van der Waals surface area contributed by atoms with Crippen molar-refractivity contribution >= 4 is 22.6 Å². The molecule has 1 aliphatic rings. The van der Waals surface area contributed by atoms with Gasteiger partial charge in [0.1, 0.15) is 0 Å². The molecule has 0 aliphatic carbocycles. The Morgan fingerprint density at radius 1 is 1.13 bits per heavy atom. The maximum Gasteiger partial charge on any atom is 0.160 e. The maximum atomic E-state index is 6.04. The SMILES string of the molecule is Cc1ccccc1C1=CC(c2cnc(C(C)C)cn2)SC(N)=N1. The lowest BCUT2D eigenvalue weighted by Gasteiger charge is -2.19. The molecule has 118 valence electrons. The van der Waals surface area contributed by atoms with Gasteiger partial charge in [-0.05, 0) is 24.5 Å². The third-order valence-electron chi connectivity index (χ3n) is 3.78. The van der Waals surface area contributed by atoms with E-state index in [-0.39, 0.29) is 5.25 Å². The summed E-state index contributed by atoms with van der Waals surface area (Å²) in [5.41, 5.74) is 11.1. The second-order valence-corrected chi connectivity index (χ2v) is 7.04. The molecule has 0 saturated heterocycles. The summed E-state index contributed by atoms with van der Waals surface area (Å²) in [6, 6.07) is 8.19. The molecule has 0 radical (unpaired) electrons. The summed E-state index contributed by atoms with van der Waals surface area (Å²) in [4.78, 5) is 13.6. The Hall–Kier alpha value is -2.14. The number of aliphatic imine (C=N–C) groups is 1. The van der Waals surface area contributed by atoms with Crippen molar-refractivity contribution in [1.82, 2.24) is 9.97 Å². The van der Waals surface area contributed by atoms with E-state index in [1.54, 1.807) is 0 Å². The van der Waals surface area contributed by atoms with Gasteiger partial charge in [-0.3, -0.25) is 9.97 Å². The third kappa shape index (κ3) is 3.45. The van der Waals surface area contributed by atoms with Gasteiger partial charge in [0.15, 0.2) is 5.17 Å². The molecule has 0 amide bonds. The van der Waals surface area contributed by atoms with Crippen molar-refractivity contribution in [2.75, 3.05) is 0 Å². The van der Waals surface area contributed by atoms with Gasteiger partial charge in [-0.2, -0.15) is 0 Å². The number of nitrogens with two attached hydrogens (primary N) is 1. The fourth-order valence-corrected chi connectivity index (χ4v) is 3.29. The second-order valence-electron chi connectivity index (χ2n) is 5.88. The Morgan fingerprint density at radius 3 is 2.57 bits per heavy atom. The van der Waals surface area contributed by atoms with Crippen LogP contribution < -0.4 is 5.73 Å². The molecule has 4 nitrogen and oxygen atoms in total. The zero-order valence-corrected chi connectivity index (χ0v) is 14.3. The fraction of sp³-hybridized carbons (Fsp3) is 0.278. The molecule has 2 heterocycles. The number of nitrogens with zero attached hydrogens (tertiary/aromatic N) is 3. The van der Waals surface area contributed by atoms with Crippen LogP contribution in [0.2, 0.25) is 0 Å². The molecule has 3 rings (SSSR count). The number of hydrogen-bond donors (Lipinski definition) is 1. The molecule has 2 aromatic rings. The first-order chi connectivity index (χ1) is 11.0. The summed E-state index contributed by atoms with van der Waals surface area (Å²) in [6.45, 7) is 6.30. The average molecular weight is 324 g/mol. The first kappa shape index (κ1) is 15.7. The minimum absolute atomic E-state index is 0.0378. The number of benzene rings is 1. The molecule has 0 bridgehead atoms. The first-order valence-electron chi connectivity index (χ1n) is 7.65. The van der Waals surface area contributed by atoms with E-state index in [1.807, 2.05) is 24.5 Å². The van der Waals surface area contributed by atoms with Crippen molar-refractivity contribution in [2.45, 2.75) is 31.9 Å². The van der Waals surface area contributed by atoms with Crippen molar-refractivity contribution in [3.05, 3.63) is 65.2 Å². The monoisotopic (exact) mass is 324 g/mol. The molecule has 23 heavy (non-hydrogen) atoms.